The number of rotatable bonds is 1. The Morgan fingerprint density at radius 2 is 1.71 bits per heavy atom. The van der Waals surface area contributed by atoms with Crippen LogP contribution in [0.25, 0.3) is 11.3 Å². The van der Waals surface area contributed by atoms with Crippen molar-refractivity contribution in [3.63, 3.8) is 0 Å². The monoisotopic (exact) mass is 269 g/mol. The van der Waals surface area contributed by atoms with Gasteiger partial charge in [0.2, 0.25) is 0 Å². The molecule has 17 heavy (non-hydrogen) atoms. The average molecular weight is 270 g/mol. The molecular formula is C13H13Cl2NO. The lowest BCUT2D eigenvalue weighted by Crippen LogP contribution is -2.12. The lowest BCUT2D eigenvalue weighted by molar-refractivity contribution is 0.558. The molecule has 0 unspecified atom stereocenters. The van der Waals surface area contributed by atoms with Gasteiger partial charge >= 0.3 is 0 Å². The van der Waals surface area contributed by atoms with Crippen molar-refractivity contribution in [2.45, 2.75) is 26.2 Å². The van der Waals surface area contributed by atoms with E-state index in [-0.39, 0.29) is 5.41 Å². The van der Waals surface area contributed by atoms with Gasteiger partial charge in [-0.25, -0.2) is 4.98 Å². The Hall–Kier alpha value is -0.990. The van der Waals surface area contributed by atoms with E-state index in [1.807, 2.05) is 12.1 Å². The molecule has 1 aromatic carbocycles. The molecule has 0 atom stereocenters. The quantitative estimate of drug-likeness (QED) is 0.733. The molecule has 0 aliphatic carbocycles. The Morgan fingerprint density at radius 3 is 2.12 bits per heavy atom. The predicted molar refractivity (Wildman–Crippen MR) is 70.7 cm³/mol. The zero-order valence-corrected chi connectivity index (χ0v) is 11.4. The highest BCUT2D eigenvalue weighted by Crippen LogP contribution is 2.38. The molecule has 0 amide bonds. The average Bonchev–Trinajstić information content (AvgIpc) is 2.66. The second kappa shape index (κ2) is 4.35. The summed E-state index contributed by atoms with van der Waals surface area (Å²) >= 11 is 12.6. The van der Waals surface area contributed by atoms with Crippen molar-refractivity contribution in [2.75, 3.05) is 0 Å². The summed E-state index contributed by atoms with van der Waals surface area (Å²) in [5, 5.41) is 1.31. The summed E-state index contributed by atoms with van der Waals surface area (Å²) < 4.78 is 4.95. The summed E-state index contributed by atoms with van der Waals surface area (Å²) in [5.74, 6) is 0. The zero-order chi connectivity index (χ0) is 12.6. The van der Waals surface area contributed by atoms with Crippen LogP contribution in [0.2, 0.25) is 10.0 Å². The molecule has 4 heteroatoms. The third-order valence-electron chi connectivity index (χ3n) is 2.52. The van der Waals surface area contributed by atoms with Crippen molar-refractivity contribution in [2.24, 2.45) is 0 Å². The largest absolute Gasteiger partial charge is 0.451 e. The SMILES string of the molecule is CC(C)(C)c1c(Cl)cc(-c2cocn2)cc1Cl. The highest BCUT2D eigenvalue weighted by atomic mass is 35.5. The zero-order valence-electron chi connectivity index (χ0n) is 9.92. The summed E-state index contributed by atoms with van der Waals surface area (Å²) in [6.45, 7) is 6.24. The number of nitrogens with zero attached hydrogens (tertiary/aromatic N) is 1. The van der Waals surface area contributed by atoms with Crippen LogP contribution in [0.1, 0.15) is 26.3 Å². The molecule has 2 nitrogen and oxygen atoms in total. The van der Waals surface area contributed by atoms with Crippen molar-refractivity contribution in [3.05, 3.63) is 40.4 Å². The molecule has 0 saturated heterocycles. The first-order valence-electron chi connectivity index (χ1n) is 5.27. The standard InChI is InChI=1S/C13H13Cl2NO/c1-13(2,3)12-9(14)4-8(5-10(12)15)11-6-17-7-16-11/h4-7H,1-3H3. The Balaban J connectivity index is 2.57. The number of halogens is 2. The van der Waals surface area contributed by atoms with E-state index in [4.69, 9.17) is 27.6 Å². The molecule has 0 aliphatic heterocycles. The van der Waals surface area contributed by atoms with Crippen molar-refractivity contribution < 1.29 is 4.42 Å². The number of hydrogen-bond donors (Lipinski definition) is 0. The minimum Gasteiger partial charge on any atom is -0.451 e. The molecule has 1 aromatic heterocycles. The molecule has 0 bridgehead atoms. The normalized spacial score (nSPS) is 11.8. The molecule has 0 saturated carbocycles. The van der Waals surface area contributed by atoms with Gasteiger partial charge in [-0.05, 0) is 23.1 Å². The molecule has 2 rings (SSSR count). The van der Waals surface area contributed by atoms with E-state index >= 15 is 0 Å². The summed E-state index contributed by atoms with van der Waals surface area (Å²) in [6.07, 6.45) is 2.95. The minimum atomic E-state index is -0.0868. The number of aromatic nitrogens is 1. The highest BCUT2D eigenvalue weighted by Gasteiger charge is 2.22. The van der Waals surface area contributed by atoms with Gasteiger partial charge in [0, 0.05) is 15.6 Å². The maximum atomic E-state index is 6.29. The molecule has 0 aliphatic rings. The van der Waals surface area contributed by atoms with Gasteiger partial charge in [-0.3, -0.25) is 0 Å². The van der Waals surface area contributed by atoms with Gasteiger partial charge in [-0.1, -0.05) is 44.0 Å². The van der Waals surface area contributed by atoms with E-state index < -0.39 is 0 Å². The number of hydrogen-bond acceptors (Lipinski definition) is 2. The van der Waals surface area contributed by atoms with E-state index in [9.17, 15) is 0 Å². The van der Waals surface area contributed by atoms with Gasteiger partial charge < -0.3 is 4.42 Å². The lowest BCUT2D eigenvalue weighted by atomic mass is 9.86. The lowest BCUT2D eigenvalue weighted by Gasteiger charge is -2.22. The Kier molecular flexibility index (Phi) is 3.19. The topological polar surface area (TPSA) is 26.0 Å². The van der Waals surface area contributed by atoms with Gasteiger partial charge in [0.05, 0.1) is 0 Å². The van der Waals surface area contributed by atoms with E-state index in [2.05, 4.69) is 25.8 Å². The fourth-order valence-electron chi connectivity index (χ4n) is 1.79. The second-order valence-electron chi connectivity index (χ2n) is 4.94. The number of benzene rings is 1. The van der Waals surface area contributed by atoms with E-state index in [0.29, 0.717) is 10.0 Å². The van der Waals surface area contributed by atoms with Gasteiger partial charge in [-0.2, -0.15) is 0 Å². The van der Waals surface area contributed by atoms with Crippen LogP contribution in [-0.2, 0) is 5.41 Å². The first-order chi connectivity index (χ1) is 7.89. The predicted octanol–water partition coefficient (Wildman–Crippen LogP) is 4.95. The van der Waals surface area contributed by atoms with Crippen molar-refractivity contribution in [1.82, 2.24) is 4.98 Å². The molecule has 0 spiro atoms. The van der Waals surface area contributed by atoms with Crippen LogP contribution >= 0.6 is 23.2 Å². The summed E-state index contributed by atoms with van der Waals surface area (Å²) in [7, 11) is 0. The van der Waals surface area contributed by atoms with Crippen molar-refractivity contribution in [3.8, 4) is 11.3 Å². The van der Waals surface area contributed by atoms with E-state index in [1.165, 1.54) is 6.39 Å². The summed E-state index contributed by atoms with van der Waals surface area (Å²) in [4.78, 5) is 4.08. The van der Waals surface area contributed by atoms with E-state index in [1.54, 1.807) is 6.26 Å². The first kappa shape index (κ1) is 12.5. The summed E-state index contributed by atoms with van der Waals surface area (Å²) in [6, 6.07) is 3.73. The van der Waals surface area contributed by atoms with Gasteiger partial charge in [0.15, 0.2) is 6.39 Å². The Bertz CT molecular complexity index is 504. The number of oxazole rings is 1. The third kappa shape index (κ3) is 2.48. The van der Waals surface area contributed by atoms with Crippen LogP contribution in [0.3, 0.4) is 0 Å². The second-order valence-corrected chi connectivity index (χ2v) is 5.75. The molecule has 90 valence electrons. The molecule has 0 radical (unpaired) electrons. The summed E-state index contributed by atoms with van der Waals surface area (Å²) in [5.41, 5.74) is 2.46. The van der Waals surface area contributed by atoms with Gasteiger partial charge in [-0.15, -0.1) is 0 Å². The van der Waals surface area contributed by atoms with Gasteiger partial charge in [0.25, 0.3) is 0 Å². The first-order valence-corrected chi connectivity index (χ1v) is 6.03. The van der Waals surface area contributed by atoms with Gasteiger partial charge in [0.1, 0.15) is 12.0 Å². The molecule has 2 aromatic rings. The molecular weight excluding hydrogens is 257 g/mol. The van der Waals surface area contributed by atoms with Crippen LogP contribution in [0, 0.1) is 0 Å². The minimum absolute atomic E-state index is 0.0868. The van der Waals surface area contributed by atoms with Crippen molar-refractivity contribution in [1.29, 1.82) is 0 Å². The molecule has 0 fully saturated rings. The molecule has 0 N–H and O–H groups in total. The third-order valence-corrected chi connectivity index (χ3v) is 3.12. The highest BCUT2D eigenvalue weighted by molar-refractivity contribution is 6.36. The smallest absolute Gasteiger partial charge is 0.181 e. The van der Waals surface area contributed by atoms with Crippen LogP contribution in [0.4, 0.5) is 0 Å². The van der Waals surface area contributed by atoms with E-state index in [0.717, 1.165) is 16.8 Å². The maximum absolute atomic E-state index is 6.29. The molecule has 1 heterocycles. The van der Waals surface area contributed by atoms with Crippen LogP contribution in [-0.4, -0.2) is 4.98 Å². The van der Waals surface area contributed by atoms with Crippen LogP contribution < -0.4 is 0 Å². The Labute approximate surface area is 111 Å². The maximum Gasteiger partial charge on any atom is 0.181 e. The Morgan fingerprint density at radius 1 is 1.12 bits per heavy atom. The van der Waals surface area contributed by atoms with Crippen molar-refractivity contribution >= 4 is 23.2 Å². The van der Waals surface area contributed by atoms with Crippen LogP contribution in [0.5, 0.6) is 0 Å². The fourth-order valence-corrected chi connectivity index (χ4v) is 2.85. The van der Waals surface area contributed by atoms with Crippen LogP contribution in [0.15, 0.2) is 29.2 Å². The fraction of sp³-hybridized carbons (Fsp3) is 0.308.